The summed E-state index contributed by atoms with van der Waals surface area (Å²) in [6.07, 6.45) is 5.25. The molecule has 0 bridgehead atoms. The summed E-state index contributed by atoms with van der Waals surface area (Å²) in [4.78, 5) is 0. The summed E-state index contributed by atoms with van der Waals surface area (Å²) < 4.78 is 11.3. The topological polar surface area (TPSA) is 18.5 Å². The molecule has 11 heavy (non-hydrogen) atoms. The average Bonchev–Trinajstić information content (AvgIpc) is 2.45. The lowest BCUT2D eigenvalue weighted by atomic mass is 9.91. The summed E-state index contributed by atoms with van der Waals surface area (Å²) in [5, 5.41) is 0. The lowest BCUT2D eigenvalue weighted by Gasteiger charge is -2.35. The minimum absolute atomic E-state index is 0.131. The van der Waals surface area contributed by atoms with Gasteiger partial charge in [-0.25, -0.2) is 0 Å². The van der Waals surface area contributed by atoms with Crippen LogP contribution in [0.25, 0.3) is 0 Å². The summed E-state index contributed by atoms with van der Waals surface area (Å²) in [6, 6.07) is 0. The Hall–Kier alpha value is -0.0800. The molecular weight excluding hydrogens is 140 g/mol. The van der Waals surface area contributed by atoms with E-state index in [-0.39, 0.29) is 5.60 Å². The molecule has 0 saturated carbocycles. The van der Waals surface area contributed by atoms with Crippen LogP contribution in [0.4, 0.5) is 0 Å². The second-order valence-corrected chi connectivity index (χ2v) is 3.80. The zero-order chi connectivity index (χ0) is 7.73. The predicted molar refractivity (Wildman–Crippen MR) is 42.6 cm³/mol. The van der Waals surface area contributed by atoms with Crippen molar-refractivity contribution in [3.63, 3.8) is 0 Å². The van der Waals surface area contributed by atoms with Gasteiger partial charge >= 0.3 is 0 Å². The maximum atomic E-state index is 5.70. The van der Waals surface area contributed by atoms with Crippen molar-refractivity contribution in [2.45, 2.75) is 44.3 Å². The van der Waals surface area contributed by atoms with Crippen LogP contribution in [0, 0.1) is 0 Å². The molecular formula is C9H16O2. The van der Waals surface area contributed by atoms with Crippen molar-refractivity contribution in [3.8, 4) is 0 Å². The van der Waals surface area contributed by atoms with E-state index < -0.39 is 0 Å². The number of rotatable bonds is 0. The molecule has 0 aliphatic carbocycles. The molecule has 64 valence electrons. The highest BCUT2D eigenvalue weighted by molar-refractivity contribution is 4.88. The van der Waals surface area contributed by atoms with Gasteiger partial charge in [0.1, 0.15) is 0 Å². The molecule has 2 fully saturated rings. The number of ether oxygens (including phenoxy) is 2. The smallest absolute Gasteiger partial charge is 0.0916 e. The molecule has 0 aromatic heterocycles. The van der Waals surface area contributed by atoms with Crippen molar-refractivity contribution < 1.29 is 9.47 Å². The predicted octanol–water partition coefficient (Wildman–Crippen LogP) is 1.73. The van der Waals surface area contributed by atoms with Crippen LogP contribution in [0.15, 0.2) is 0 Å². The first-order valence-electron chi connectivity index (χ1n) is 4.56. The van der Waals surface area contributed by atoms with Crippen molar-refractivity contribution in [1.82, 2.24) is 0 Å². The second-order valence-electron chi connectivity index (χ2n) is 3.80. The molecule has 0 amide bonds. The molecule has 0 N–H and O–H groups in total. The SMILES string of the molecule is CC1CCC2(CCCO2)CO1. The Morgan fingerprint density at radius 1 is 1.36 bits per heavy atom. The summed E-state index contributed by atoms with van der Waals surface area (Å²) in [6.45, 7) is 3.91. The fourth-order valence-corrected chi connectivity index (χ4v) is 1.98. The molecule has 0 aromatic rings. The third-order valence-electron chi connectivity index (χ3n) is 2.82. The maximum Gasteiger partial charge on any atom is 0.0916 e. The first-order valence-corrected chi connectivity index (χ1v) is 4.56. The highest BCUT2D eigenvalue weighted by Gasteiger charge is 2.38. The quantitative estimate of drug-likeness (QED) is 0.532. The van der Waals surface area contributed by atoms with Gasteiger partial charge in [0.05, 0.1) is 18.3 Å². The largest absolute Gasteiger partial charge is 0.376 e. The van der Waals surface area contributed by atoms with E-state index in [1.807, 2.05) is 0 Å². The summed E-state index contributed by atoms with van der Waals surface area (Å²) in [7, 11) is 0. The molecule has 2 unspecified atom stereocenters. The first-order chi connectivity index (χ1) is 5.31. The van der Waals surface area contributed by atoms with Crippen LogP contribution >= 0.6 is 0 Å². The first kappa shape index (κ1) is 7.56. The Labute approximate surface area is 67.9 Å². The van der Waals surface area contributed by atoms with Crippen molar-refractivity contribution in [1.29, 1.82) is 0 Å². The van der Waals surface area contributed by atoms with Crippen molar-refractivity contribution in [2.75, 3.05) is 13.2 Å². The van der Waals surface area contributed by atoms with E-state index in [2.05, 4.69) is 6.92 Å². The lowest BCUT2D eigenvalue weighted by molar-refractivity contribution is -0.123. The van der Waals surface area contributed by atoms with Gasteiger partial charge in [-0.15, -0.1) is 0 Å². The van der Waals surface area contributed by atoms with Crippen LogP contribution in [0.3, 0.4) is 0 Å². The summed E-state index contributed by atoms with van der Waals surface area (Å²) in [5.41, 5.74) is 0.131. The lowest BCUT2D eigenvalue weighted by Crippen LogP contribution is -2.40. The van der Waals surface area contributed by atoms with E-state index in [4.69, 9.17) is 9.47 Å². The van der Waals surface area contributed by atoms with Crippen molar-refractivity contribution >= 4 is 0 Å². The molecule has 0 radical (unpaired) electrons. The minimum atomic E-state index is 0.131. The van der Waals surface area contributed by atoms with Gasteiger partial charge in [0, 0.05) is 6.61 Å². The Morgan fingerprint density at radius 3 is 2.82 bits per heavy atom. The third kappa shape index (κ3) is 1.42. The van der Waals surface area contributed by atoms with Gasteiger partial charge in [-0.2, -0.15) is 0 Å². The normalized spacial score (nSPS) is 45.0. The van der Waals surface area contributed by atoms with E-state index >= 15 is 0 Å². The fourth-order valence-electron chi connectivity index (χ4n) is 1.98. The molecule has 0 aromatic carbocycles. The van der Waals surface area contributed by atoms with Crippen LogP contribution in [0.1, 0.15) is 32.6 Å². The van der Waals surface area contributed by atoms with Crippen LogP contribution in [0.2, 0.25) is 0 Å². The van der Waals surface area contributed by atoms with Gasteiger partial charge in [0.15, 0.2) is 0 Å². The molecule has 2 saturated heterocycles. The third-order valence-corrected chi connectivity index (χ3v) is 2.82. The van der Waals surface area contributed by atoms with Crippen LogP contribution in [-0.2, 0) is 9.47 Å². The number of hydrogen-bond acceptors (Lipinski definition) is 2. The zero-order valence-corrected chi connectivity index (χ0v) is 7.14. The monoisotopic (exact) mass is 156 g/mol. The van der Waals surface area contributed by atoms with E-state index in [1.54, 1.807) is 0 Å². The van der Waals surface area contributed by atoms with Gasteiger partial charge in [0.2, 0.25) is 0 Å². The Kier molecular flexibility index (Phi) is 1.90. The van der Waals surface area contributed by atoms with Crippen LogP contribution in [0.5, 0.6) is 0 Å². The highest BCUT2D eigenvalue weighted by Crippen LogP contribution is 2.34. The van der Waals surface area contributed by atoms with E-state index in [1.165, 1.54) is 25.7 Å². The molecule has 1 spiro atoms. The van der Waals surface area contributed by atoms with Gasteiger partial charge in [-0.05, 0) is 32.6 Å². The van der Waals surface area contributed by atoms with Crippen molar-refractivity contribution in [2.24, 2.45) is 0 Å². The van der Waals surface area contributed by atoms with Crippen molar-refractivity contribution in [3.05, 3.63) is 0 Å². The van der Waals surface area contributed by atoms with Gasteiger partial charge in [-0.1, -0.05) is 0 Å². The highest BCUT2D eigenvalue weighted by atomic mass is 16.6. The number of hydrogen-bond donors (Lipinski definition) is 0. The Bertz CT molecular complexity index is 128. The van der Waals surface area contributed by atoms with E-state index in [0.717, 1.165) is 13.2 Å². The standard InChI is InChI=1S/C9H16O2/c1-8-3-5-9(7-10-8)4-2-6-11-9/h8H,2-7H2,1H3. The average molecular weight is 156 g/mol. The maximum absolute atomic E-state index is 5.70. The molecule has 2 atom stereocenters. The fraction of sp³-hybridized carbons (Fsp3) is 1.00. The van der Waals surface area contributed by atoms with Gasteiger partial charge < -0.3 is 9.47 Å². The second kappa shape index (κ2) is 2.76. The van der Waals surface area contributed by atoms with E-state index in [9.17, 15) is 0 Å². The van der Waals surface area contributed by atoms with E-state index in [0.29, 0.717) is 6.10 Å². The Balaban J connectivity index is 1.94. The van der Waals surface area contributed by atoms with Crippen LogP contribution in [-0.4, -0.2) is 24.9 Å². The molecule has 2 heteroatoms. The Morgan fingerprint density at radius 2 is 2.27 bits per heavy atom. The van der Waals surface area contributed by atoms with Gasteiger partial charge in [-0.3, -0.25) is 0 Å². The zero-order valence-electron chi connectivity index (χ0n) is 7.14. The van der Waals surface area contributed by atoms with Gasteiger partial charge in [0.25, 0.3) is 0 Å². The molecule has 2 nitrogen and oxygen atoms in total. The van der Waals surface area contributed by atoms with Crippen LogP contribution < -0.4 is 0 Å². The molecule has 2 rings (SSSR count). The summed E-state index contributed by atoms with van der Waals surface area (Å²) >= 11 is 0. The minimum Gasteiger partial charge on any atom is -0.376 e. The summed E-state index contributed by atoms with van der Waals surface area (Å²) in [5.74, 6) is 0. The molecule has 2 heterocycles. The molecule has 2 aliphatic heterocycles. The molecule has 2 aliphatic rings.